The van der Waals surface area contributed by atoms with Gasteiger partial charge < -0.3 is 16.2 Å². The molecule has 1 atom stereocenters. The lowest BCUT2D eigenvalue weighted by molar-refractivity contribution is 0.0588. The molecule has 0 radical (unpaired) electrons. The largest absolute Gasteiger partial charge is 0.464 e. The summed E-state index contributed by atoms with van der Waals surface area (Å²) in [5.41, 5.74) is 0.996. The maximum absolute atomic E-state index is 11.2. The first-order chi connectivity index (χ1) is 6.56. The van der Waals surface area contributed by atoms with E-state index in [2.05, 4.69) is 16.8 Å². The highest BCUT2D eigenvalue weighted by Gasteiger charge is 2.18. The number of rotatable bonds is 3. The summed E-state index contributed by atoms with van der Waals surface area (Å²) in [5, 5.41) is 3.66. The van der Waals surface area contributed by atoms with E-state index < -0.39 is 5.97 Å². The van der Waals surface area contributed by atoms with Crippen LogP contribution in [0.25, 0.3) is 0 Å². The summed E-state index contributed by atoms with van der Waals surface area (Å²) in [6.45, 7) is 7.61. The molecule has 1 rings (SSSR count). The molecule has 0 amide bonds. The number of esters is 1. The summed E-state index contributed by atoms with van der Waals surface area (Å²) >= 11 is 0. The van der Waals surface area contributed by atoms with Gasteiger partial charge in [-0.2, -0.15) is 5.92 Å². The van der Waals surface area contributed by atoms with Gasteiger partial charge in [-0.05, 0) is 13.3 Å². The number of hydrogen-bond acceptors (Lipinski definition) is 4. The fourth-order valence-electron chi connectivity index (χ4n) is 1.16. The zero-order valence-corrected chi connectivity index (χ0v) is 8.66. The van der Waals surface area contributed by atoms with Gasteiger partial charge in [-0.1, -0.05) is 12.1 Å². The van der Waals surface area contributed by atoms with Gasteiger partial charge in [-0.25, -0.2) is 4.79 Å². The number of nitrogens with zero attached hydrogens (tertiary/aromatic N) is 1. The van der Waals surface area contributed by atoms with Crippen LogP contribution in [0.2, 0.25) is 0 Å². The van der Waals surface area contributed by atoms with E-state index in [0.29, 0.717) is 12.2 Å². The minimum absolute atomic E-state index is 0.229. The Kier molecular flexibility index (Phi) is 3.28. The Morgan fingerprint density at radius 1 is 1.71 bits per heavy atom. The van der Waals surface area contributed by atoms with Crippen LogP contribution in [0.1, 0.15) is 28.7 Å². The highest BCUT2D eigenvalue weighted by atomic mass is 16.5. The predicted octanol–water partition coefficient (Wildman–Crippen LogP) is 1.78. The van der Waals surface area contributed by atoms with Crippen LogP contribution in [0.4, 0.5) is 0 Å². The molecule has 0 aliphatic rings. The second kappa shape index (κ2) is 4.26. The van der Waals surface area contributed by atoms with Crippen LogP contribution in [0, 0.1) is 19.8 Å². The Balaban J connectivity index is 2.90. The third-order valence-corrected chi connectivity index (χ3v) is 1.93. The van der Waals surface area contributed by atoms with Gasteiger partial charge in [0.05, 0.1) is 7.11 Å². The van der Waals surface area contributed by atoms with Crippen molar-refractivity contribution in [2.75, 3.05) is 7.11 Å². The predicted molar refractivity (Wildman–Crippen MR) is 50.8 cm³/mol. The molecule has 78 valence electrons. The number of hydrogen-bond donors (Lipinski definition) is 0. The summed E-state index contributed by atoms with van der Waals surface area (Å²) in [6.07, 6.45) is 0.676. The van der Waals surface area contributed by atoms with Crippen LogP contribution in [-0.4, -0.2) is 18.2 Å². The molecule has 0 aliphatic carbocycles. The molecule has 1 aromatic rings. The van der Waals surface area contributed by atoms with Crippen molar-refractivity contribution in [1.29, 1.82) is 0 Å². The Labute approximate surface area is 83.2 Å². The van der Waals surface area contributed by atoms with Crippen molar-refractivity contribution in [2.45, 2.75) is 20.3 Å². The number of carbonyl (C=O) groups excluding carboxylic acids is 1. The highest BCUT2D eigenvalue weighted by molar-refractivity contribution is 5.88. The SMILES string of the molecule is [CH2-]C(C)Cc1onc(C(=O)OC)c1C. The van der Waals surface area contributed by atoms with E-state index in [1.807, 2.05) is 6.92 Å². The lowest BCUT2D eigenvalue weighted by Crippen LogP contribution is -2.04. The van der Waals surface area contributed by atoms with Crippen molar-refractivity contribution < 1.29 is 14.1 Å². The molecule has 0 aromatic carbocycles. The third-order valence-electron chi connectivity index (χ3n) is 1.93. The van der Waals surface area contributed by atoms with Crippen molar-refractivity contribution in [3.63, 3.8) is 0 Å². The first-order valence-corrected chi connectivity index (χ1v) is 4.42. The Bertz CT molecular complexity index is 328. The Morgan fingerprint density at radius 3 is 2.86 bits per heavy atom. The average molecular weight is 196 g/mol. The van der Waals surface area contributed by atoms with Crippen LogP contribution in [0.5, 0.6) is 0 Å². The molecule has 0 aliphatic heterocycles. The zero-order chi connectivity index (χ0) is 10.7. The maximum atomic E-state index is 11.2. The molecule has 0 saturated heterocycles. The normalized spacial score (nSPS) is 12.6. The second-order valence-corrected chi connectivity index (χ2v) is 3.38. The standard InChI is InChI=1S/C10H14NO3/c1-6(2)5-8-7(3)9(11-14-8)10(12)13-4/h6H,1,5H2,2-4H3/q-1. The van der Waals surface area contributed by atoms with Crippen LogP contribution >= 0.6 is 0 Å². The maximum Gasteiger partial charge on any atom is 0.360 e. The van der Waals surface area contributed by atoms with Crippen LogP contribution in [-0.2, 0) is 11.2 Å². The molecule has 1 unspecified atom stereocenters. The van der Waals surface area contributed by atoms with E-state index in [1.54, 1.807) is 6.92 Å². The fraction of sp³-hybridized carbons (Fsp3) is 0.500. The smallest absolute Gasteiger partial charge is 0.360 e. The molecule has 4 nitrogen and oxygen atoms in total. The lowest BCUT2D eigenvalue weighted by atomic mass is 10.1. The van der Waals surface area contributed by atoms with Crippen molar-refractivity contribution >= 4 is 5.97 Å². The van der Waals surface area contributed by atoms with E-state index in [-0.39, 0.29) is 11.6 Å². The molecule has 4 heteroatoms. The van der Waals surface area contributed by atoms with Gasteiger partial charge in [0, 0.05) is 5.56 Å². The van der Waals surface area contributed by atoms with Crippen molar-refractivity contribution in [1.82, 2.24) is 5.16 Å². The summed E-state index contributed by atoms with van der Waals surface area (Å²) in [6, 6.07) is 0. The van der Waals surface area contributed by atoms with E-state index in [9.17, 15) is 4.79 Å². The second-order valence-electron chi connectivity index (χ2n) is 3.38. The topological polar surface area (TPSA) is 52.3 Å². The van der Waals surface area contributed by atoms with Crippen molar-refractivity contribution in [3.8, 4) is 0 Å². The lowest BCUT2D eigenvalue weighted by Gasteiger charge is -2.06. The fourth-order valence-corrected chi connectivity index (χ4v) is 1.16. The van der Waals surface area contributed by atoms with Gasteiger partial charge >= 0.3 is 5.97 Å². The first-order valence-electron chi connectivity index (χ1n) is 4.42. The highest BCUT2D eigenvalue weighted by Crippen LogP contribution is 2.17. The average Bonchev–Trinajstić information content (AvgIpc) is 2.46. The van der Waals surface area contributed by atoms with Gasteiger partial charge in [0.1, 0.15) is 5.76 Å². The molecule has 0 saturated carbocycles. The van der Waals surface area contributed by atoms with Gasteiger partial charge in [-0.15, -0.1) is 0 Å². The Morgan fingerprint density at radius 2 is 2.36 bits per heavy atom. The molecule has 1 aromatic heterocycles. The zero-order valence-electron chi connectivity index (χ0n) is 8.66. The molecular weight excluding hydrogens is 182 g/mol. The summed E-state index contributed by atoms with van der Waals surface area (Å²) in [4.78, 5) is 11.2. The molecule has 1 heterocycles. The minimum Gasteiger partial charge on any atom is -0.464 e. The van der Waals surface area contributed by atoms with Crippen molar-refractivity contribution in [2.24, 2.45) is 5.92 Å². The molecule has 0 fully saturated rings. The molecule has 0 spiro atoms. The summed E-state index contributed by atoms with van der Waals surface area (Å²) in [7, 11) is 1.32. The number of ether oxygens (including phenoxy) is 1. The molecular formula is C10H14NO3-. The first kappa shape index (κ1) is 10.8. The van der Waals surface area contributed by atoms with Crippen LogP contribution in [0.3, 0.4) is 0 Å². The van der Waals surface area contributed by atoms with E-state index >= 15 is 0 Å². The van der Waals surface area contributed by atoms with E-state index in [1.165, 1.54) is 7.11 Å². The minimum atomic E-state index is -0.464. The van der Waals surface area contributed by atoms with Gasteiger partial charge in [0.2, 0.25) is 0 Å². The molecule has 0 N–H and O–H groups in total. The summed E-state index contributed by atoms with van der Waals surface area (Å²) < 4.78 is 9.60. The molecule has 14 heavy (non-hydrogen) atoms. The van der Waals surface area contributed by atoms with Gasteiger partial charge in [0.25, 0.3) is 0 Å². The third kappa shape index (κ3) is 2.13. The monoisotopic (exact) mass is 196 g/mol. The van der Waals surface area contributed by atoms with Crippen LogP contribution in [0.15, 0.2) is 4.52 Å². The number of methoxy groups -OCH3 is 1. The molecule has 0 bridgehead atoms. The quantitative estimate of drug-likeness (QED) is 0.546. The van der Waals surface area contributed by atoms with Gasteiger partial charge in [0.15, 0.2) is 5.69 Å². The van der Waals surface area contributed by atoms with E-state index in [0.717, 1.165) is 5.56 Å². The van der Waals surface area contributed by atoms with Crippen molar-refractivity contribution in [3.05, 3.63) is 23.9 Å². The number of aromatic nitrogens is 1. The van der Waals surface area contributed by atoms with E-state index in [4.69, 9.17) is 4.52 Å². The number of carbonyl (C=O) groups is 1. The Hall–Kier alpha value is -1.32. The van der Waals surface area contributed by atoms with Crippen LogP contribution < -0.4 is 0 Å². The summed E-state index contributed by atoms with van der Waals surface area (Å²) in [5.74, 6) is 0.467. The van der Waals surface area contributed by atoms with Gasteiger partial charge in [-0.3, -0.25) is 0 Å².